The lowest BCUT2D eigenvalue weighted by molar-refractivity contribution is -0.129. The minimum atomic E-state index is -0.0443. The van der Waals surface area contributed by atoms with Crippen LogP contribution in [0.5, 0.6) is 0 Å². The first kappa shape index (κ1) is 15.7. The summed E-state index contributed by atoms with van der Waals surface area (Å²) in [6.45, 7) is 2.59. The maximum atomic E-state index is 12.5. The van der Waals surface area contributed by atoms with Gasteiger partial charge in [0.2, 0.25) is 11.0 Å². The fourth-order valence-electron chi connectivity index (χ4n) is 3.31. The number of anilines is 1. The second kappa shape index (κ2) is 6.96. The van der Waals surface area contributed by atoms with Crippen molar-refractivity contribution >= 4 is 22.6 Å². The summed E-state index contributed by atoms with van der Waals surface area (Å²) in [5, 5.41) is 3.50. The standard InChI is InChI=1S/C17H20N4O2S/c22-16(14-6-9-21(14)13-7-10-23-11-8-13)19-17-18-15(20-24-17)12-4-2-1-3-5-12/h1-5,13-14H,6-11H2,(H,18,19,20,22)/t14-/m0/s1. The summed E-state index contributed by atoms with van der Waals surface area (Å²) in [6, 6.07) is 10.2. The summed E-state index contributed by atoms with van der Waals surface area (Å²) >= 11 is 1.23. The van der Waals surface area contributed by atoms with Gasteiger partial charge in [-0.3, -0.25) is 15.0 Å². The van der Waals surface area contributed by atoms with E-state index in [0.29, 0.717) is 17.0 Å². The van der Waals surface area contributed by atoms with Gasteiger partial charge in [-0.2, -0.15) is 9.36 Å². The lowest BCUT2D eigenvalue weighted by Crippen LogP contribution is -2.59. The third-order valence-electron chi connectivity index (χ3n) is 4.71. The third-order valence-corrected chi connectivity index (χ3v) is 5.34. The monoisotopic (exact) mass is 344 g/mol. The van der Waals surface area contributed by atoms with Crippen LogP contribution in [0.25, 0.3) is 11.4 Å². The largest absolute Gasteiger partial charge is 0.381 e. The van der Waals surface area contributed by atoms with Gasteiger partial charge < -0.3 is 4.74 Å². The van der Waals surface area contributed by atoms with Crippen molar-refractivity contribution in [3.63, 3.8) is 0 Å². The predicted molar refractivity (Wildman–Crippen MR) is 92.9 cm³/mol. The van der Waals surface area contributed by atoms with Crippen LogP contribution in [0, 0.1) is 0 Å². The highest BCUT2D eigenvalue weighted by molar-refractivity contribution is 7.10. The number of benzene rings is 1. The quantitative estimate of drug-likeness (QED) is 0.922. The van der Waals surface area contributed by atoms with E-state index < -0.39 is 0 Å². The molecule has 6 nitrogen and oxygen atoms in total. The van der Waals surface area contributed by atoms with E-state index in [-0.39, 0.29) is 11.9 Å². The molecule has 7 heteroatoms. The van der Waals surface area contributed by atoms with E-state index in [1.165, 1.54) is 11.5 Å². The second-order valence-electron chi connectivity index (χ2n) is 6.16. The van der Waals surface area contributed by atoms with Gasteiger partial charge in [0.25, 0.3) is 0 Å². The number of likely N-dealkylation sites (tertiary alicyclic amines) is 1. The van der Waals surface area contributed by atoms with E-state index in [1.807, 2.05) is 30.3 Å². The molecular weight excluding hydrogens is 324 g/mol. The highest BCUT2D eigenvalue weighted by Crippen LogP contribution is 2.28. The summed E-state index contributed by atoms with van der Waals surface area (Å²) in [6.07, 6.45) is 2.94. The van der Waals surface area contributed by atoms with Crippen LogP contribution in [0.1, 0.15) is 19.3 Å². The van der Waals surface area contributed by atoms with Crippen LogP contribution in [-0.2, 0) is 9.53 Å². The lowest BCUT2D eigenvalue weighted by atomic mass is 9.95. The van der Waals surface area contributed by atoms with E-state index in [2.05, 4.69) is 19.6 Å². The molecule has 3 heterocycles. The van der Waals surface area contributed by atoms with Crippen molar-refractivity contribution in [1.29, 1.82) is 0 Å². The lowest BCUT2D eigenvalue weighted by Gasteiger charge is -2.46. The van der Waals surface area contributed by atoms with Gasteiger partial charge in [-0.05, 0) is 19.3 Å². The Morgan fingerprint density at radius 2 is 2.00 bits per heavy atom. The maximum absolute atomic E-state index is 12.5. The first-order valence-corrected chi connectivity index (χ1v) is 9.12. The van der Waals surface area contributed by atoms with Crippen LogP contribution in [0.3, 0.4) is 0 Å². The van der Waals surface area contributed by atoms with E-state index in [4.69, 9.17) is 4.74 Å². The van der Waals surface area contributed by atoms with Gasteiger partial charge in [-0.25, -0.2) is 0 Å². The van der Waals surface area contributed by atoms with Gasteiger partial charge in [0.1, 0.15) is 0 Å². The molecule has 2 aliphatic rings. The number of hydrogen-bond acceptors (Lipinski definition) is 6. The van der Waals surface area contributed by atoms with Crippen molar-refractivity contribution in [3.8, 4) is 11.4 Å². The first-order valence-electron chi connectivity index (χ1n) is 8.35. The van der Waals surface area contributed by atoms with Gasteiger partial charge >= 0.3 is 0 Å². The molecule has 1 N–H and O–H groups in total. The topological polar surface area (TPSA) is 67.4 Å². The Morgan fingerprint density at radius 3 is 2.71 bits per heavy atom. The molecule has 0 spiro atoms. The second-order valence-corrected chi connectivity index (χ2v) is 6.92. The fourth-order valence-corrected chi connectivity index (χ4v) is 3.90. The SMILES string of the molecule is O=C(Nc1nc(-c2ccccc2)ns1)[C@@H]1CCN1C1CCOCC1. The average molecular weight is 344 g/mol. The molecule has 2 aliphatic heterocycles. The zero-order chi connectivity index (χ0) is 16.4. The van der Waals surface area contributed by atoms with E-state index in [9.17, 15) is 4.79 Å². The number of carbonyl (C=O) groups excluding carboxylic acids is 1. The number of nitrogens with one attached hydrogen (secondary N) is 1. The number of aromatic nitrogens is 2. The summed E-state index contributed by atoms with van der Waals surface area (Å²) in [4.78, 5) is 19.3. The van der Waals surface area contributed by atoms with Crippen molar-refractivity contribution in [3.05, 3.63) is 30.3 Å². The van der Waals surface area contributed by atoms with Gasteiger partial charge in [-0.15, -0.1) is 0 Å². The molecule has 0 radical (unpaired) electrons. The molecule has 24 heavy (non-hydrogen) atoms. The number of rotatable bonds is 4. The molecule has 1 aromatic heterocycles. The summed E-state index contributed by atoms with van der Waals surface area (Å²) < 4.78 is 9.75. The molecule has 2 fully saturated rings. The molecule has 1 atom stereocenters. The molecule has 0 bridgehead atoms. The summed E-state index contributed by atoms with van der Waals surface area (Å²) in [7, 11) is 0. The minimum Gasteiger partial charge on any atom is -0.381 e. The van der Waals surface area contributed by atoms with E-state index >= 15 is 0 Å². The van der Waals surface area contributed by atoms with E-state index in [1.54, 1.807) is 0 Å². The maximum Gasteiger partial charge on any atom is 0.243 e. The normalized spacial score (nSPS) is 22.1. The Hall–Kier alpha value is -1.83. The molecule has 0 unspecified atom stereocenters. The van der Waals surface area contributed by atoms with Crippen molar-refractivity contribution in [1.82, 2.24) is 14.3 Å². The van der Waals surface area contributed by atoms with Crippen LogP contribution < -0.4 is 5.32 Å². The van der Waals surface area contributed by atoms with Gasteiger partial charge in [0.15, 0.2) is 5.82 Å². The van der Waals surface area contributed by atoms with Crippen LogP contribution in [0.2, 0.25) is 0 Å². The molecule has 2 aromatic rings. The Morgan fingerprint density at radius 1 is 1.21 bits per heavy atom. The molecule has 0 saturated carbocycles. The van der Waals surface area contributed by atoms with Crippen LogP contribution in [-0.4, -0.2) is 52.0 Å². The molecular formula is C17H20N4O2S. The molecule has 126 valence electrons. The number of ether oxygens (including phenoxy) is 1. The van der Waals surface area contributed by atoms with Gasteiger partial charge in [0.05, 0.1) is 6.04 Å². The zero-order valence-corrected chi connectivity index (χ0v) is 14.2. The summed E-state index contributed by atoms with van der Waals surface area (Å²) in [5.74, 6) is 0.689. The molecule has 0 aliphatic carbocycles. The molecule has 1 aromatic carbocycles. The van der Waals surface area contributed by atoms with Crippen molar-refractivity contribution in [2.75, 3.05) is 25.1 Å². The van der Waals surface area contributed by atoms with Crippen molar-refractivity contribution < 1.29 is 9.53 Å². The van der Waals surface area contributed by atoms with Crippen LogP contribution >= 0.6 is 11.5 Å². The molecule has 4 rings (SSSR count). The van der Waals surface area contributed by atoms with Crippen LogP contribution in [0.15, 0.2) is 30.3 Å². The molecule has 2 saturated heterocycles. The zero-order valence-electron chi connectivity index (χ0n) is 13.4. The Bertz CT molecular complexity index is 700. The number of carbonyl (C=O) groups is 1. The minimum absolute atomic E-state index is 0.0310. The fraction of sp³-hybridized carbons (Fsp3) is 0.471. The number of nitrogens with zero attached hydrogens (tertiary/aromatic N) is 3. The predicted octanol–water partition coefficient (Wildman–Crippen LogP) is 2.40. The first-order chi connectivity index (χ1) is 11.8. The Labute approximate surface area is 145 Å². The Kier molecular flexibility index (Phi) is 4.55. The van der Waals surface area contributed by atoms with Crippen LogP contribution in [0.4, 0.5) is 5.13 Å². The average Bonchev–Trinajstić information content (AvgIpc) is 3.04. The number of amides is 1. The van der Waals surface area contributed by atoms with Crippen molar-refractivity contribution in [2.24, 2.45) is 0 Å². The number of hydrogen-bond donors (Lipinski definition) is 1. The highest BCUT2D eigenvalue weighted by Gasteiger charge is 2.39. The third kappa shape index (κ3) is 3.19. The molecule has 1 amide bonds. The smallest absolute Gasteiger partial charge is 0.243 e. The van der Waals surface area contributed by atoms with Gasteiger partial charge in [-0.1, -0.05) is 30.3 Å². The Balaban J connectivity index is 1.39. The highest BCUT2D eigenvalue weighted by atomic mass is 32.1. The van der Waals surface area contributed by atoms with Gasteiger partial charge in [0, 0.05) is 42.9 Å². The van der Waals surface area contributed by atoms with Crippen molar-refractivity contribution in [2.45, 2.75) is 31.3 Å². The summed E-state index contributed by atoms with van der Waals surface area (Å²) in [5.41, 5.74) is 0.960. The van der Waals surface area contributed by atoms with E-state index in [0.717, 1.165) is 44.6 Å².